The van der Waals surface area contributed by atoms with Crippen LogP contribution in [0.2, 0.25) is 0 Å². The van der Waals surface area contributed by atoms with Crippen LogP contribution in [-0.4, -0.2) is 29.6 Å². The number of aliphatic hydroxyl groups excluding tert-OH is 1. The number of β-amino-alcohol motifs (C(OH)–C–C–N with tert-alkyl or cyclic N) is 1. The van der Waals surface area contributed by atoms with E-state index < -0.39 is 0 Å². The van der Waals surface area contributed by atoms with Crippen LogP contribution in [0.3, 0.4) is 0 Å². The lowest BCUT2D eigenvalue weighted by atomic mass is 10.0. The average Bonchev–Trinajstić information content (AvgIpc) is 2.53. The maximum Gasteiger partial charge on any atom is 0.0924 e. The third-order valence-corrected chi connectivity index (χ3v) is 3.20. The van der Waals surface area contributed by atoms with Crippen molar-refractivity contribution in [1.82, 2.24) is 4.90 Å². The summed E-state index contributed by atoms with van der Waals surface area (Å²) in [6.07, 6.45) is -0.293. The van der Waals surface area contributed by atoms with Crippen molar-refractivity contribution in [3.63, 3.8) is 0 Å². The topological polar surface area (TPSA) is 23.5 Å². The molecule has 0 radical (unpaired) electrons. The molecule has 0 aromatic carbocycles. The summed E-state index contributed by atoms with van der Waals surface area (Å²) in [4.78, 5) is 2.30. The second-order valence-corrected chi connectivity index (χ2v) is 4.68. The van der Waals surface area contributed by atoms with Crippen molar-refractivity contribution in [1.29, 1.82) is 0 Å². The maximum absolute atomic E-state index is 9.80. The number of aliphatic hydroxyl groups is 1. The summed E-state index contributed by atoms with van der Waals surface area (Å²) in [6.45, 7) is 5.32. The minimum absolute atomic E-state index is 0.293. The van der Waals surface area contributed by atoms with E-state index in [1.54, 1.807) is 11.3 Å². The first-order valence-corrected chi connectivity index (χ1v) is 5.62. The zero-order valence-electron chi connectivity index (χ0n) is 7.81. The molecule has 0 amide bonds. The SMILES string of the molecule is CC1CN(CC(O)c2ccsc2)C1. The van der Waals surface area contributed by atoms with Gasteiger partial charge in [-0.1, -0.05) is 6.92 Å². The minimum Gasteiger partial charge on any atom is -0.387 e. The van der Waals surface area contributed by atoms with Gasteiger partial charge in [0.1, 0.15) is 0 Å². The van der Waals surface area contributed by atoms with Crippen LogP contribution in [-0.2, 0) is 0 Å². The van der Waals surface area contributed by atoms with Gasteiger partial charge in [-0.2, -0.15) is 11.3 Å². The fourth-order valence-corrected chi connectivity index (χ4v) is 2.50. The van der Waals surface area contributed by atoms with Crippen LogP contribution in [0.15, 0.2) is 16.8 Å². The Bertz CT molecular complexity index is 254. The molecule has 0 aliphatic carbocycles. The van der Waals surface area contributed by atoms with E-state index >= 15 is 0 Å². The van der Waals surface area contributed by atoms with E-state index in [9.17, 15) is 5.11 Å². The monoisotopic (exact) mass is 197 g/mol. The predicted molar refractivity (Wildman–Crippen MR) is 54.9 cm³/mol. The third kappa shape index (κ3) is 2.10. The van der Waals surface area contributed by atoms with Crippen molar-refractivity contribution in [3.8, 4) is 0 Å². The maximum atomic E-state index is 9.80. The Morgan fingerprint density at radius 1 is 1.69 bits per heavy atom. The van der Waals surface area contributed by atoms with Gasteiger partial charge in [0.15, 0.2) is 0 Å². The number of hydrogen-bond donors (Lipinski definition) is 1. The van der Waals surface area contributed by atoms with Crippen molar-refractivity contribution in [2.75, 3.05) is 19.6 Å². The molecule has 1 aromatic heterocycles. The first-order chi connectivity index (χ1) is 6.25. The molecule has 2 nitrogen and oxygen atoms in total. The molecule has 1 aromatic rings. The van der Waals surface area contributed by atoms with E-state index in [0.29, 0.717) is 0 Å². The number of nitrogens with zero attached hydrogens (tertiary/aromatic N) is 1. The summed E-state index contributed by atoms with van der Waals surface area (Å²) in [7, 11) is 0. The number of likely N-dealkylation sites (tertiary alicyclic amines) is 1. The van der Waals surface area contributed by atoms with Gasteiger partial charge in [0.2, 0.25) is 0 Å². The number of hydrogen-bond acceptors (Lipinski definition) is 3. The highest BCUT2D eigenvalue weighted by atomic mass is 32.1. The van der Waals surface area contributed by atoms with Gasteiger partial charge in [-0.05, 0) is 28.3 Å². The Morgan fingerprint density at radius 2 is 2.46 bits per heavy atom. The molecular weight excluding hydrogens is 182 g/mol. The van der Waals surface area contributed by atoms with Crippen molar-refractivity contribution in [2.45, 2.75) is 13.0 Å². The first-order valence-electron chi connectivity index (χ1n) is 4.68. The van der Waals surface area contributed by atoms with Crippen molar-refractivity contribution < 1.29 is 5.11 Å². The molecule has 0 saturated carbocycles. The molecule has 1 N–H and O–H groups in total. The predicted octanol–water partition coefficient (Wildman–Crippen LogP) is 1.73. The van der Waals surface area contributed by atoms with E-state index in [0.717, 1.165) is 31.1 Å². The van der Waals surface area contributed by atoms with Gasteiger partial charge in [-0.25, -0.2) is 0 Å². The van der Waals surface area contributed by atoms with Gasteiger partial charge in [0.05, 0.1) is 6.10 Å². The Hall–Kier alpha value is -0.380. The molecule has 1 aliphatic heterocycles. The molecular formula is C10H15NOS. The highest BCUT2D eigenvalue weighted by Crippen LogP contribution is 2.21. The fraction of sp³-hybridized carbons (Fsp3) is 0.600. The normalized spacial score (nSPS) is 21.4. The Kier molecular flexibility index (Phi) is 2.67. The highest BCUT2D eigenvalue weighted by molar-refractivity contribution is 7.07. The third-order valence-electron chi connectivity index (χ3n) is 2.50. The van der Waals surface area contributed by atoms with Gasteiger partial charge in [0, 0.05) is 19.6 Å². The molecule has 0 bridgehead atoms. The Balaban J connectivity index is 1.82. The lowest BCUT2D eigenvalue weighted by molar-refractivity contribution is 0.0466. The molecule has 2 rings (SSSR count). The van der Waals surface area contributed by atoms with E-state index in [2.05, 4.69) is 11.8 Å². The average molecular weight is 197 g/mol. The molecule has 1 unspecified atom stereocenters. The summed E-state index contributed by atoms with van der Waals surface area (Å²) in [6, 6.07) is 2.00. The van der Waals surface area contributed by atoms with Gasteiger partial charge in [0.25, 0.3) is 0 Å². The van der Waals surface area contributed by atoms with E-state index in [1.165, 1.54) is 0 Å². The second kappa shape index (κ2) is 3.78. The Morgan fingerprint density at radius 3 is 3.00 bits per heavy atom. The summed E-state index contributed by atoms with van der Waals surface area (Å²) < 4.78 is 0. The fourth-order valence-electron chi connectivity index (χ4n) is 1.79. The zero-order chi connectivity index (χ0) is 9.26. The molecule has 2 heterocycles. The van der Waals surface area contributed by atoms with Crippen LogP contribution in [0.5, 0.6) is 0 Å². The summed E-state index contributed by atoms with van der Waals surface area (Å²) in [5, 5.41) is 13.8. The van der Waals surface area contributed by atoms with Gasteiger partial charge in [-0.3, -0.25) is 4.90 Å². The molecule has 72 valence electrons. The summed E-state index contributed by atoms with van der Waals surface area (Å²) >= 11 is 1.64. The molecule has 13 heavy (non-hydrogen) atoms. The van der Waals surface area contributed by atoms with Gasteiger partial charge >= 0.3 is 0 Å². The van der Waals surface area contributed by atoms with E-state index in [-0.39, 0.29) is 6.10 Å². The van der Waals surface area contributed by atoms with Crippen molar-refractivity contribution in [2.24, 2.45) is 5.92 Å². The molecule has 1 aliphatic rings. The minimum atomic E-state index is -0.293. The summed E-state index contributed by atoms with van der Waals surface area (Å²) in [5.74, 6) is 0.815. The van der Waals surface area contributed by atoms with Gasteiger partial charge < -0.3 is 5.11 Å². The molecule has 1 atom stereocenters. The quantitative estimate of drug-likeness (QED) is 0.797. The molecule has 0 spiro atoms. The lowest BCUT2D eigenvalue weighted by Crippen LogP contribution is -2.46. The second-order valence-electron chi connectivity index (χ2n) is 3.90. The van der Waals surface area contributed by atoms with Gasteiger partial charge in [-0.15, -0.1) is 0 Å². The van der Waals surface area contributed by atoms with Crippen LogP contribution in [0, 0.1) is 5.92 Å². The van der Waals surface area contributed by atoms with Crippen LogP contribution in [0.1, 0.15) is 18.6 Å². The largest absolute Gasteiger partial charge is 0.387 e. The zero-order valence-corrected chi connectivity index (χ0v) is 8.63. The standard InChI is InChI=1S/C10H15NOS/c1-8-4-11(5-8)6-10(12)9-2-3-13-7-9/h2-3,7-8,10,12H,4-6H2,1H3. The number of rotatable bonds is 3. The van der Waals surface area contributed by atoms with Crippen molar-refractivity contribution in [3.05, 3.63) is 22.4 Å². The molecule has 1 saturated heterocycles. The molecule has 3 heteroatoms. The van der Waals surface area contributed by atoms with Crippen LogP contribution >= 0.6 is 11.3 Å². The Labute approximate surface area is 82.8 Å². The van der Waals surface area contributed by atoms with Crippen LogP contribution in [0.4, 0.5) is 0 Å². The lowest BCUT2D eigenvalue weighted by Gasteiger charge is -2.38. The van der Waals surface area contributed by atoms with Crippen LogP contribution < -0.4 is 0 Å². The van der Waals surface area contributed by atoms with E-state index in [4.69, 9.17) is 0 Å². The number of thiophene rings is 1. The van der Waals surface area contributed by atoms with Crippen molar-refractivity contribution >= 4 is 11.3 Å². The summed E-state index contributed by atoms with van der Waals surface area (Å²) in [5.41, 5.74) is 1.06. The van der Waals surface area contributed by atoms with E-state index in [1.807, 2.05) is 16.8 Å². The highest BCUT2D eigenvalue weighted by Gasteiger charge is 2.24. The first kappa shape index (κ1) is 9.19. The van der Waals surface area contributed by atoms with Crippen LogP contribution in [0.25, 0.3) is 0 Å². The molecule has 1 fully saturated rings. The smallest absolute Gasteiger partial charge is 0.0924 e.